The van der Waals surface area contributed by atoms with Crippen molar-refractivity contribution in [2.45, 2.75) is 45.2 Å². The monoisotopic (exact) mass is 390 g/mol. The molecule has 3 atom stereocenters. The third-order valence-corrected chi connectivity index (χ3v) is 5.38. The van der Waals surface area contributed by atoms with Crippen molar-refractivity contribution in [2.24, 2.45) is 11.8 Å². The first-order valence-electron chi connectivity index (χ1n) is 9.43. The molecular weight excluding hydrogens is 367 g/mol. The van der Waals surface area contributed by atoms with Crippen molar-refractivity contribution >= 4 is 23.7 Å². The van der Waals surface area contributed by atoms with E-state index in [9.17, 15) is 23.6 Å². The Hall–Kier alpha value is -2.77. The third-order valence-electron chi connectivity index (χ3n) is 5.38. The molecular formula is C20H23FN2O5. The highest BCUT2D eigenvalue weighted by atomic mass is 19.1. The van der Waals surface area contributed by atoms with Gasteiger partial charge in [-0.25, -0.2) is 9.18 Å². The Kier molecular flexibility index (Phi) is 6.06. The number of nitrogens with one attached hydrogen (secondary N) is 1. The molecule has 2 unspecified atom stereocenters. The zero-order valence-electron chi connectivity index (χ0n) is 15.7. The van der Waals surface area contributed by atoms with Crippen molar-refractivity contribution in [3.8, 4) is 0 Å². The minimum absolute atomic E-state index is 0.0366. The molecule has 0 bridgehead atoms. The van der Waals surface area contributed by atoms with Crippen molar-refractivity contribution < 1.29 is 28.3 Å². The number of hydrogen-bond donors (Lipinski definition) is 1. The molecule has 1 heterocycles. The lowest BCUT2D eigenvalue weighted by atomic mass is 9.81. The fraction of sp³-hybridized carbons (Fsp3) is 0.500. The lowest BCUT2D eigenvalue weighted by Gasteiger charge is -2.21. The largest absolute Gasteiger partial charge is 0.454 e. The molecule has 1 aliphatic heterocycles. The normalized spacial score (nSPS) is 22.6. The predicted molar refractivity (Wildman–Crippen MR) is 96.0 cm³/mol. The smallest absolute Gasteiger partial charge is 0.329 e. The number of ether oxygens (including phenoxy) is 1. The summed E-state index contributed by atoms with van der Waals surface area (Å²) in [5, 5.41) is 2.46. The summed E-state index contributed by atoms with van der Waals surface area (Å²) >= 11 is 0. The molecule has 2 aliphatic rings. The predicted octanol–water partition coefficient (Wildman–Crippen LogP) is 1.55. The number of likely N-dealkylation sites (tertiary alicyclic amines) is 1. The SMILES string of the molecule is C[C@@H](C(=O)OCC(=O)NCc1ccccc1F)N1C(=O)C2CCCCC2C1=O. The summed E-state index contributed by atoms with van der Waals surface area (Å²) in [6.45, 7) is 0.818. The molecule has 1 aromatic rings. The number of benzene rings is 1. The lowest BCUT2D eigenvalue weighted by molar-refractivity contribution is -0.159. The second-order valence-electron chi connectivity index (χ2n) is 7.20. The van der Waals surface area contributed by atoms with E-state index in [1.165, 1.54) is 19.1 Å². The van der Waals surface area contributed by atoms with E-state index < -0.39 is 30.3 Å². The Labute approximate surface area is 162 Å². The highest BCUT2D eigenvalue weighted by molar-refractivity contribution is 6.07. The summed E-state index contributed by atoms with van der Waals surface area (Å²) in [5.41, 5.74) is 0.311. The van der Waals surface area contributed by atoms with E-state index in [0.29, 0.717) is 18.4 Å². The van der Waals surface area contributed by atoms with Crippen LogP contribution in [0.25, 0.3) is 0 Å². The van der Waals surface area contributed by atoms with Crippen molar-refractivity contribution in [3.05, 3.63) is 35.6 Å². The summed E-state index contributed by atoms with van der Waals surface area (Å²) in [5.74, 6) is -3.22. The summed E-state index contributed by atoms with van der Waals surface area (Å²) in [6.07, 6.45) is 3.11. The van der Waals surface area contributed by atoms with E-state index in [2.05, 4.69) is 5.32 Å². The first kappa shape index (κ1) is 20.0. The topological polar surface area (TPSA) is 92.8 Å². The van der Waals surface area contributed by atoms with Gasteiger partial charge in [0.05, 0.1) is 11.8 Å². The van der Waals surface area contributed by atoms with Gasteiger partial charge in [-0.1, -0.05) is 31.0 Å². The molecule has 3 amide bonds. The molecule has 2 fully saturated rings. The second-order valence-corrected chi connectivity index (χ2v) is 7.20. The maximum Gasteiger partial charge on any atom is 0.329 e. The van der Waals surface area contributed by atoms with E-state index in [-0.39, 0.29) is 30.2 Å². The number of halogens is 1. The molecule has 0 radical (unpaired) electrons. The van der Waals surface area contributed by atoms with Crippen molar-refractivity contribution in [1.82, 2.24) is 10.2 Å². The quantitative estimate of drug-likeness (QED) is 0.588. The van der Waals surface area contributed by atoms with Gasteiger partial charge in [0.15, 0.2) is 6.61 Å². The molecule has 0 spiro atoms. The van der Waals surface area contributed by atoms with Crippen LogP contribution < -0.4 is 5.32 Å². The number of esters is 1. The minimum atomic E-state index is -1.08. The summed E-state index contributed by atoms with van der Waals surface area (Å²) in [4.78, 5) is 50.1. The van der Waals surface area contributed by atoms with Gasteiger partial charge in [0.25, 0.3) is 5.91 Å². The summed E-state index contributed by atoms with van der Waals surface area (Å²) < 4.78 is 18.5. The van der Waals surface area contributed by atoms with Crippen LogP contribution in [0.3, 0.4) is 0 Å². The maximum absolute atomic E-state index is 13.5. The van der Waals surface area contributed by atoms with E-state index in [1.807, 2.05) is 0 Å². The van der Waals surface area contributed by atoms with Gasteiger partial charge < -0.3 is 10.1 Å². The van der Waals surface area contributed by atoms with Gasteiger partial charge in [0, 0.05) is 12.1 Å². The van der Waals surface area contributed by atoms with E-state index in [1.54, 1.807) is 12.1 Å². The first-order valence-corrected chi connectivity index (χ1v) is 9.43. The Morgan fingerprint density at radius 3 is 2.39 bits per heavy atom. The fourth-order valence-electron chi connectivity index (χ4n) is 3.82. The molecule has 150 valence electrons. The fourth-order valence-corrected chi connectivity index (χ4v) is 3.82. The molecule has 0 aromatic heterocycles. The van der Waals surface area contributed by atoms with E-state index in [4.69, 9.17) is 4.74 Å². The van der Waals surface area contributed by atoms with Gasteiger partial charge in [-0.2, -0.15) is 0 Å². The van der Waals surface area contributed by atoms with Crippen molar-refractivity contribution in [2.75, 3.05) is 6.61 Å². The highest BCUT2D eigenvalue weighted by Gasteiger charge is 2.51. The molecule has 1 saturated heterocycles. The standard InChI is InChI=1S/C20H23FN2O5/c1-12(23-18(25)14-7-3-4-8-15(14)19(23)26)20(27)28-11-17(24)22-10-13-6-2-5-9-16(13)21/h2,5-6,9,12,14-15H,3-4,7-8,10-11H2,1H3,(H,22,24)/t12-,14?,15?/m0/s1. The van der Waals surface area contributed by atoms with Gasteiger partial charge in [0.1, 0.15) is 11.9 Å². The Bertz CT molecular complexity index is 773. The number of carbonyl (C=O) groups is 4. The van der Waals surface area contributed by atoms with Crippen molar-refractivity contribution in [1.29, 1.82) is 0 Å². The number of fused-ring (bicyclic) bond motifs is 1. The zero-order chi connectivity index (χ0) is 20.3. The first-order chi connectivity index (χ1) is 13.4. The Morgan fingerprint density at radius 2 is 1.79 bits per heavy atom. The van der Waals surface area contributed by atoms with Crippen LogP contribution in [-0.2, 0) is 30.5 Å². The number of imide groups is 1. The summed E-state index contributed by atoms with van der Waals surface area (Å²) in [7, 11) is 0. The van der Waals surface area contributed by atoms with Crippen molar-refractivity contribution in [3.63, 3.8) is 0 Å². The lowest BCUT2D eigenvalue weighted by Crippen LogP contribution is -2.45. The number of nitrogens with zero attached hydrogens (tertiary/aromatic N) is 1. The molecule has 3 rings (SSSR count). The average molecular weight is 390 g/mol. The molecule has 1 aromatic carbocycles. The number of amides is 3. The molecule has 1 aliphatic carbocycles. The maximum atomic E-state index is 13.5. The molecule has 28 heavy (non-hydrogen) atoms. The van der Waals surface area contributed by atoms with Gasteiger partial charge in [0.2, 0.25) is 11.8 Å². The van der Waals surface area contributed by atoms with Crippen LogP contribution in [0.15, 0.2) is 24.3 Å². The highest BCUT2D eigenvalue weighted by Crippen LogP contribution is 2.38. The van der Waals surface area contributed by atoms with Crippen LogP contribution in [0.4, 0.5) is 4.39 Å². The van der Waals surface area contributed by atoms with Crippen LogP contribution in [0.1, 0.15) is 38.2 Å². The van der Waals surface area contributed by atoms with E-state index in [0.717, 1.165) is 17.7 Å². The molecule has 1 saturated carbocycles. The number of rotatable bonds is 6. The second kappa shape index (κ2) is 8.50. The van der Waals surface area contributed by atoms with Gasteiger partial charge >= 0.3 is 5.97 Å². The van der Waals surface area contributed by atoms with Gasteiger partial charge in [-0.05, 0) is 25.8 Å². The number of hydrogen-bond acceptors (Lipinski definition) is 5. The Morgan fingerprint density at radius 1 is 1.18 bits per heavy atom. The van der Waals surface area contributed by atoms with Crippen LogP contribution in [0.2, 0.25) is 0 Å². The third kappa shape index (κ3) is 4.05. The van der Waals surface area contributed by atoms with Crippen LogP contribution in [0.5, 0.6) is 0 Å². The average Bonchev–Trinajstić information content (AvgIpc) is 2.95. The molecule has 1 N–H and O–H groups in total. The summed E-state index contributed by atoms with van der Waals surface area (Å²) in [6, 6.07) is 4.93. The molecule has 8 heteroatoms. The number of carbonyl (C=O) groups excluding carboxylic acids is 4. The zero-order valence-corrected chi connectivity index (χ0v) is 15.7. The van der Waals surface area contributed by atoms with Crippen LogP contribution in [0, 0.1) is 17.7 Å². The van der Waals surface area contributed by atoms with Gasteiger partial charge in [-0.15, -0.1) is 0 Å². The van der Waals surface area contributed by atoms with Crippen LogP contribution in [-0.4, -0.2) is 41.2 Å². The Balaban J connectivity index is 1.50. The van der Waals surface area contributed by atoms with Crippen LogP contribution >= 0.6 is 0 Å². The van der Waals surface area contributed by atoms with Gasteiger partial charge in [-0.3, -0.25) is 19.3 Å². The van der Waals surface area contributed by atoms with E-state index >= 15 is 0 Å². The minimum Gasteiger partial charge on any atom is -0.454 e. The molecule has 7 nitrogen and oxygen atoms in total.